The van der Waals surface area contributed by atoms with Crippen LogP contribution in [0, 0.1) is 10.1 Å². The highest BCUT2D eigenvalue weighted by Gasteiger charge is 2.07. The van der Waals surface area contributed by atoms with Crippen molar-refractivity contribution >= 4 is 25.1 Å². The molecule has 0 aliphatic carbocycles. The Labute approximate surface area is 75.9 Å². The molecule has 5 heteroatoms. The maximum absolute atomic E-state index is 10.3. The minimum Gasteiger partial charge on any atom is -0.258 e. The van der Waals surface area contributed by atoms with Gasteiger partial charge in [-0.1, -0.05) is 24.0 Å². The van der Waals surface area contributed by atoms with Gasteiger partial charge in [-0.15, -0.1) is 0 Å². The van der Waals surface area contributed by atoms with Gasteiger partial charge in [-0.25, -0.2) is 0 Å². The molecule has 0 aromatic heterocycles. The minimum atomic E-state index is -0.453. The third kappa shape index (κ3) is 1.77. The maximum Gasteiger partial charge on any atom is 0.270 e. The summed E-state index contributed by atoms with van der Waals surface area (Å²) in [7, 11) is 1.95. The van der Waals surface area contributed by atoms with E-state index in [1.807, 2.05) is 7.85 Å². The molecule has 0 saturated heterocycles. The number of hydrogen-bond acceptors (Lipinski definition) is 2. The summed E-state index contributed by atoms with van der Waals surface area (Å²) < 4.78 is 0. The van der Waals surface area contributed by atoms with Crippen LogP contribution < -0.4 is 0 Å². The fraction of sp³-hybridized carbons (Fsp3) is 0.143. The quantitative estimate of drug-likeness (QED) is 0.395. The molecular formula is C7H7BClNO2. The number of non-ortho nitro benzene ring substituents is 1. The largest absolute Gasteiger partial charge is 0.270 e. The molecule has 0 spiro atoms. The van der Waals surface area contributed by atoms with E-state index in [0.29, 0.717) is 5.02 Å². The van der Waals surface area contributed by atoms with E-state index in [2.05, 4.69) is 0 Å². The van der Waals surface area contributed by atoms with Crippen LogP contribution in [0.4, 0.5) is 5.69 Å². The zero-order valence-corrected chi connectivity index (χ0v) is 7.34. The van der Waals surface area contributed by atoms with E-state index in [0.717, 1.165) is 11.9 Å². The summed E-state index contributed by atoms with van der Waals surface area (Å²) in [5.41, 5.74) is 0.972. The molecule has 0 heterocycles. The van der Waals surface area contributed by atoms with Gasteiger partial charge in [0.1, 0.15) is 7.85 Å². The van der Waals surface area contributed by atoms with E-state index >= 15 is 0 Å². The SMILES string of the molecule is BCc1ccc([N+](=O)[O-])cc1Cl. The van der Waals surface area contributed by atoms with Crippen LogP contribution in [0.5, 0.6) is 0 Å². The molecule has 1 rings (SSSR count). The Balaban J connectivity index is 3.10. The van der Waals surface area contributed by atoms with Gasteiger partial charge in [-0.2, -0.15) is 0 Å². The standard InChI is InChI=1S/C7H7BClNO2/c8-4-5-1-2-6(10(11)12)3-7(5)9/h1-3H,4,8H2. The Bertz CT molecular complexity index is 316. The molecule has 0 amide bonds. The van der Waals surface area contributed by atoms with Crippen molar-refractivity contribution < 1.29 is 4.92 Å². The number of rotatable bonds is 2. The fourth-order valence-electron chi connectivity index (χ4n) is 0.937. The van der Waals surface area contributed by atoms with Gasteiger partial charge in [-0.3, -0.25) is 10.1 Å². The van der Waals surface area contributed by atoms with Gasteiger partial charge in [-0.05, 0) is 5.56 Å². The molecule has 0 bridgehead atoms. The van der Waals surface area contributed by atoms with E-state index in [1.54, 1.807) is 6.07 Å². The van der Waals surface area contributed by atoms with Gasteiger partial charge >= 0.3 is 0 Å². The van der Waals surface area contributed by atoms with Crippen LogP contribution >= 0.6 is 11.6 Å². The van der Waals surface area contributed by atoms with E-state index in [-0.39, 0.29) is 5.69 Å². The molecule has 0 fully saturated rings. The van der Waals surface area contributed by atoms with Crippen LogP contribution in [0.1, 0.15) is 5.56 Å². The summed E-state index contributed by atoms with van der Waals surface area (Å²) in [5.74, 6) is 0. The maximum atomic E-state index is 10.3. The molecule has 0 saturated carbocycles. The third-order valence-electron chi connectivity index (χ3n) is 1.63. The van der Waals surface area contributed by atoms with Crippen LogP contribution in [0.3, 0.4) is 0 Å². The highest BCUT2D eigenvalue weighted by molar-refractivity contribution is 6.32. The lowest BCUT2D eigenvalue weighted by Gasteiger charge is -1.98. The van der Waals surface area contributed by atoms with E-state index in [1.165, 1.54) is 12.1 Å². The highest BCUT2D eigenvalue weighted by atomic mass is 35.5. The predicted molar refractivity (Wildman–Crippen MR) is 50.4 cm³/mol. The summed E-state index contributed by atoms with van der Waals surface area (Å²) in [6.45, 7) is 0. The minimum absolute atomic E-state index is 0.0391. The zero-order valence-electron chi connectivity index (χ0n) is 6.58. The molecule has 62 valence electrons. The van der Waals surface area contributed by atoms with E-state index in [4.69, 9.17) is 11.6 Å². The van der Waals surface area contributed by atoms with Crippen molar-refractivity contribution in [2.75, 3.05) is 0 Å². The topological polar surface area (TPSA) is 43.1 Å². The average Bonchev–Trinajstić information content (AvgIpc) is 2.04. The van der Waals surface area contributed by atoms with Crippen LogP contribution in [-0.4, -0.2) is 12.8 Å². The Morgan fingerprint density at radius 3 is 2.67 bits per heavy atom. The Hall–Kier alpha value is -1.03. The van der Waals surface area contributed by atoms with Crippen molar-refractivity contribution in [3.63, 3.8) is 0 Å². The molecule has 1 aromatic carbocycles. The first-order chi connectivity index (χ1) is 5.65. The number of hydrogen-bond donors (Lipinski definition) is 0. The second kappa shape index (κ2) is 3.58. The molecule has 3 nitrogen and oxygen atoms in total. The molecule has 0 unspecified atom stereocenters. The molecule has 0 radical (unpaired) electrons. The van der Waals surface area contributed by atoms with Gasteiger partial charge in [0.15, 0.2) is 0 Å². The lowest BCUT2D eigenvalue weighted by Crippen LogP contribution is -1.90. The first-order valence-electron chi connectivity index (χ1n) is 3.58. The van der Waals surface area contributed by atoms with E-state index in [9.17, 15) is 10.1 Å². The van der Waals surface area contributed by atoms with Gasteiger partial charge < -0.3 is 0 Å². The lowest BCUT2D eigenvalue weighted by atomic mass is 9.97. The average molecular weight is 183 g/mol. The monoisotopic (exact) mass is 183 g/mol. The number of nitrogens with zero attached hydrogens (tertiary/aromatic N) is 1. The summed E-state index contributed by atoms with van der Waals surface area (Å²) in [5, 5.41) is 10.8. The lowest BCUT2D eigenvalue weighted by molar-refractivity contribution is -0.384. The van der Waals surface area contributed by atoms with Crippen molar-refractivity contribution in [2.24, 2.45) is 0 Å². The summed E-state index contributed by atoms with van der Waals surface area (Å²) in [4.78, 5) is 9.85. The number of nitro groups is 1. The third-order valence-corrected chi connectivity index (χ3v) is 1.98. The smallest absolute Gasteiger partial charge is 0.258 e. The normalized spacial score (nSPS) is 9.75. The predicted octanol–water partition coefficient (Wildman–Crippen LogP) is 1.38. The molecule has 1 aromatic rings. The molecular weight excluding hydrogens is 176 g/mol. The number of halogens is 1. The molecule has 0 N–H and O–H groups in total. The Morgan fingerprint density at radius 1 is 1.58 bits per heavy atom. The van der Waals surface area contributed by atoms with Crippen molar-refractivity contribution in [1.29, 1.82) is 0 Å². The Morgan fingerprint density at radius 2 is 2.25 bits per heavy atom. The molecule has 0 aliphatic rings. The molecule has 0 atom stereocenters. The fourth-order valence-corrected chi connectivity index (χ4v) is 1.24. The van der Waals surface area contributed by atoms with Crippen molar-refractivity contribution in [1.82, 2.24) is 0 Å². The van der Waals surface area contributed by atoms with Crippen LogP contribution in [0.15, 0.2) is 18.2 Å². The number of benzene rings is 1. The highest BCUT2D eigenvalue weighted by Crippen LogP contribution is 2.21. The van der Waals surface area contributed by atoms with Crippen LogP contribution in [0.25, 0.3) is 0 Å². The first-order valence-corrected chi connectivity index (χ1v) is 3.95. The number of nitro benzene ring substituents is 1. The zero-order chi connectivity index (χ0) is 9.14. The molecule has 0 aliphatic heterocycles. The van der Waals surface area contributed by atoms with Crippen LogP contribution in [-0.2, 0) is 6.32 Å². The van der Waals surface area contributed by atoms with Crippen molar-refractivity contribution in [2.45, 2.75) is 6.32 Å². The van der Waals surface area contributed by atoms with Gasteiger partial charge in [0.25, 0.3) is 5.69 Å². The summed E-state index contributed by atoms with van der Waals surface area (Å²) in [6, 6.07) is 4.52. The van der Waals surface area contributed by atoms with Crippen LogP contribution in [0.2, 0.25) is 5.02 Å². The Kier molecular flexibility index (Phi) is 2.71. The van der Waals surface area contributed by atoms with Gasteiger partial charge in [0.2, 0.25) is 0 Å². The van der Waals surface area contributed by atoms with Crippen molar-refractivity contribution in [3.8, 4) is 0 Å². The van der Waals surface area contributed by atoms with Gasteiger partial charge in [0, 0.05) is 17.2 Å². The van der Waals surface area contributed by atoms with E-state index < -0.39 is 4.92 Å². The second-order valence-electron chi connectivity index (χ2n) is 2.39. The second-order valence-corrected chi connectivity index (χ2v) is 2.79. The first kappa shape index (κ1) is 9.07. The van der Waals surface area contributed by atoms with Gasteiger partial charge in [0.05, 0.1) is 4.92 Å². The van der Waals surface area contributed by atoms with Crippen molar-refractivity contribution in [3.05, 3.63) is 38.9 Å². The summed E-state index contributed by atoms with van der Waals surface area (Å²) >= 11 is 5.77. The summed E-state index contributed by atoms with van der Waals surface area (Å²) in [6.07, 6.45) is 0.789. The molecule has 12 heavy (non-hydrogen) atoms.